The number of nitrogens with zero attached hydrogens (tertiary/aromatic N) is 2. The SMILES string of the molecule is C.C.COc1cc(C2C(/C(N)=N/O)=C(N)Oc3c2ccc2ccccc32)cc(Br)c1OC.COc1cc(C2C(C#N)=C(N)Oc3c2ccc2ccccc32)cc(Br)c1OC. The molecule has 6 aromatic rings. The molecule has 310 valence electrons. The van der Waals surface area contributed by atoms with Crippen LogP contribution in [0, 0.1) is 11.3 Å². The van der Waals surface area contributed by atoms with Crippen molar-refractivity contribution in [3.8, 4) is 40.6 Å². The minimum Gasteiger partial charge on any atom is -0.493 e. The van der Waals surface area contributed by atoms with Crippen LogP contribution in [0.15, 0.2) is 134 Å². The fourth-order valence-corrected chi connectivity index (χ4v) is 8.72. The van der Waals surface area contributed by atoms with Crippen LogP contribution in [-0.2, 0) is 0 Å². The summed E-state index contributed by atoms with van der Waals surface area (Å²) >= 11 is 7.08. The highest BCUT2D eigenvalue weighted by Crippen LogP contribution is 2.50. The van der Waals surface area contributed by atoms with Gasteiger partial charge in [-0.05, 0) is 78.0 Å². The molecule has 0 saturated heterocycles. The lowest BCUT2D eigenvalue weighted by Gasteiger charge is -2.30. The Morgan fingerprint density at radius 3 is 1.57 bits per heavy atom. The lowest BCUT2D eigenvalue weighted by atomic mass is 9.81. The molecule has 2 aliphatic heterocycles. The quantitative estimate of drug-likeness (QED) is 0.0516. The third-order valence-electron chi connectivity index (χ3n) is 10.1. The molecule has 0 radical (unpaired) electrons. The van der Waals surface area contributed by atoms with Crippen LogP contribution in [0.25, 0.3) is 21.5 Å². The molecule has 0 spiro atoms. The Kier molecular flexibility index (Phi) is 13.8. The molecule has 2 aliphatic rings. The fourth-order valence-electron chi connectivity index (χ4n) is 7.48. The van der Waals surface area contributed by atoms with Crippen LogP contribution in [-0.4, -0.2) is 39.5 Å². The van der Waals surface area contributed by atoms with Crippen LogP contribution in [0.3, 0.4) is 0 Å². The van der Waals surface area contributed by atoms with Crippen LogP contribution < -0.4 is 45.6 Å². The second-order valence-corrected chi connectivity index (χ2v) is 14.8. The summed E-state index contributed by atoms with van der Waals surface area (Å²) in [6.45, 7) is 0. The number of nitriles is 1. The van der Waals surface area contributed by atoms with E-state index in [0.29, 0.717) is 50.1 Å². The second-order valence-electron chi connectivity index (χ2n) is 13.1. The molecule has 6 aromatic carbocycles. The van der Waals surface area contributed by atoms with Gasteiger partial charge in [0.1, 0.15) is 23.1 Å². The lowest BCUT2D eigenvalue weighted by Crippen LogP contribution is -2.30. The summed E-state index contributed by atoms with van der Waals surface area (Å²) in [4.78, 5) is 0. The number of nitrogens with two attached hydrogens (primary N) is 3. The van der Waals surface area contributed by atoms with E-state index in [1.807, 2.05) is 97.1 Å². The first-order chi connectivity index (χ1) is 28.1. The Bertz CT molecular complexity index is 2750. The Morgan fingerprint density at radius 2 is 1.12 bits per heavy atom. The molecular weight excluding hydrogens is 894 g/mol. The van der Waals surface area contributed by atoms with Crippen molar-refractivity contribution in [3.63, 3.8) is 0 Å². The number of halogens is 2. The molecule has 2 unspecified atom stereocenters. The Labute approximate surface area is 365 Å². The molecule has 0 aromatic heterocycles. The minimum absolute atomic E-state index is 0. The maximum Gasteiger partial charge on any atom is 0.205 e. The van der Waals surface area contributed by atoms with Crippen molar-refractivity contribution in [1.82, 2.24) is 0 Å². The number of ether oxygens (including phenoxy) is 6. The smallest absolute Gasteiger partial charge is 0.205 e. The van der Waals surface area contributed by atoms with Crippen molar-refractivity contribution in [2.75, 3.05) is 28.4 Å². The van der Waals surface area contributed by atoms with Gasteiger partial charge in [0, 0.05) is 27.8 Å². The molecule has 60 heavy (non-hydrogen) atoms. The normalized spacial score (nSPS) is 15.4. The Morgan fingerprint density at radius 1 is 0.667 bits per heavy atom. The zero-order valence-electron chi connectivity index (χ0n) is 31.7. The third-order valence-corrected chi connectivity index (χ3v) is 11.2. The Hall–Kier alpha value is -6.56. The topological polar surface area (TPSA) is 190 Å². The predicted molar refractivity (Wildman–Crippen MR) is 242 cm³/mol. The molecule has 0 bridgehead atoms. The zero-order chi connectivity index (χ0) is 41.2. The highest BCUT2D eigenvalue weighted by Gasteiger charge is 2.35. The van der Waals surface area contributed by atoms with Gasteiger partial charge < -0.3 is 50.8 Å². The van der Waals surface area contributed by atoms with E-state index in [2.05, 4.69) is 43.1 Å². The van der Waals surface area contributed by atoms with E-state index in [1.165, 1.54) is 0 Å². The zero-order valence-corrected chi connectivity index (χ0v) is 34.8. The van der Waals surface area contributed by atoms with Gasteiger partial charge >= 0.3 is 0 Å². The van der Waals surface area contributed by atoms with E-state index in [-0.39, 0.29) is 38.4 Å². The molecule has 0 fully saturated rings. The van der Waals surface area contributed by atoms with E-state index in [4.69, 9.17) is 45.6 Å². The monoisotopic (exact) mass is 937 g/mol. The highest BCUT2D eigenvalue weighted by atomic mass is 79.9. The number of hydrogen-bond acceptors (Lipinski definition) is 11. The molecular formula is C46H45Br2N5O7. The second kappa shape index (κ2) is 18.6. The van der Waals surface area contributed by atoms with Crippen LogP contribution in [0.1, 0.15) is 48.9 Å². The highest BCUT2D eigenvalue weighted by molar-refractivity contribution is 9.11. The first-order valence-electron chi connectivity index (χ1n) is 17.7. The summed E-state index contributed by atoms with van der Waals surface area (Å²) in [5.74, 6) is 2.79. The number of amidine groups is 1. The van der Waals surface area contributed by atoms with Crippen LogP contribution in [0.2, 0.25) is 0 Å². The van der Waals surface area contributed by atoms with E-state index in [0.717, 1.165) is 48.3 Å². The van der Waals surface area contributed by atoms with Gasteiger partial charge in [-0.15, -0.1) is 0 Å². The van der Waals surface area contributed by atoms with Gasteiger partial charge in [-0.3, -0.25) is 0 Å². The van der Waals surface area contributed by atoms with E-state index < -0.39 is 5.92 Å². The van der Waals surface area contributed by atoms with E-state index in [1.54, 1.807) is 28.4 Å². The molecule has 0 amide bonds. The first-order valence-corrected chi connectivity index (χ1v) is 19.3. The molecule has 14 heteroatoms. The van der Waals surface area contributed by atoms with Gasteiger partial charge in [-0.2, -0.15) is 5.26 Å². The summed E-state index contributed by atoms with van der Waals surface area (Å²) < 4.78 is 35.2. The maximum absolute atomic E-state index is 9.79. The van der Waals surface area contributed by atoms with Crippen molar-refractivity contribution in [2.45, 2.75) is 26.7 Å². The number of allylic oxidation sites excluding steroid dienone is 1. The number of oxime groups is 1. The summed E-state index contributed by atoms with van der Waals surface area (Å²) in [7, 11) is 6.29. The molecule has 2 heterocycles. The van der Waals surface area contributed by atoms with Crippen molar-refractivity contribution in [2.24, 2.45) is 22.4 Å². The Balaban J connectivity index is 0.000000221. The van der Waals surface area contributed by atoms with Crippen LogP contribution >= 0.6 is 31.9 Å². The van der Waals surface area contributed by atoms with E-state index in [9.17, 15) is 10.5 Å². The summed E-state index contributed by atoms with van der Waals surface area (Å²) in [5, 5.41) is 26.3. The molecule has 0 aliphatic carbocycles. The average Bonchev–Trinajstić information content (AvgIpc) is 3.24. The maximum atomic E-state index is 9.79. The van der Waals surface area contributed by atoms with Crippen LogP contribution in [0.5, 0.6) is 34.5 Å². The molecule has 12 nitrogen and oxygen atoms in total. The molecule has 7 N–H and O–H groups in total. The fraction of sp³-hybridized carbons (Fsp3) is 0.174. The lowest BCUT2D eigenvalue weighted by molar-refractivity contribution is 0.317. The van der Waals surface area contributed by atoms with Gasteiger partial charge in [0.05, 0.1) is 48.9 Å². The van der Waals surface area contributed by atoms with Gasteiger partial charge in [-0.25, -0.2) is 0 Å². The first kappa shape index (κ1) is 44.5. The summed E-state index contributed by atoms with van der Waals surface area (Å²) in [5.41, 5.74) is 22.6. The van der Waals surface area contributed by atoms with Crippen molar-refractivity contribution >= 4 is 59.2 Å². The third kappa shape index (κ3) is 7.81. The summed E-state index contributed by atoms with van der Waals surface area (Å²) in [6, 6.07) is 33.5. The number of benzene rings is 6. The number of fused-ring (bicyclic) bond motifs is 6. The largest absolute Gasteiger partial charge is 0.493 e. The van der Waals surface area contributed by atoms with E-state index >= 15 is 0 Å². The standard InChI is InChI=1S/C22H20BrN3O4.C22H17BrN2O3.2CH4/c1-28-16-10-12(9-15(23)20(16)29-2)17-14-8-7-11-5-3-4-6-13(11)19(14)30-22(25)18(17)21(24)26-27;1-26-18-10-13(9-17(23)21(18)27-2)19-15-8-7-12-5-3-4-6-14(12)20(15)28-22(25)16(19)11-24;;/h3-10,17,27H,25H2,1-2H3,(H2,24,26);3-10,19H,25H2,1-2H3;2*1H4. The number of rotatable bonds is 7. The molecule has 2 atom stereocenters. The van der Waals surface area contributed by atoms with Gasteiger partial charge in [-0.1, -0.05) is 92.8 Å². The molecule has 0 saturated carbocycles. The summed E-state index contributed by atoms with van der Waals surface area (Å²) in [6.07, 6.45) is 0. The van der Waals surface area contributed by atoms with Gasteiger partial charge in [0.15, 0.2) is 34.7 Å². The van der Waals surface area contributed by atoms with Crippen molar-refractivity contribution in [1.29, 1.82) is 5.26 Å². The van der Waals surface area contributed by atoms with Crippen molar-refractivity contribution in [3.05, 3.63) is 151 Å². The van der Waals surface area contributed by atoms with Crippen LogP contribution in [0.4, 0.5) is 0 Å². The average molecular weight is 940 g/mol. The van der Waals surface area contributed by atoms with Gasteiger partial charge in [0.25, 0.3) is 0 Å². The van der Waals surface area contributed by atoms with Gasteiger partial charge in [0.2, 0.25) is 5.88 Å². The minimum atomic E-state index is -0.453. The van der Waals surface area contributed by atoms with Crippen molar-refractivity contribution < 1.29 is 33.6 Å². The molecule has 8 rings (SSSR count). The predicted octanol–water partition coefficient (Wildman–Crippen LogP) is 10.2. The number of hydrogen-bond donors (Lipinski definition) is 4. The number of methoxy groups -OCH3 is 4.